The average molecular weight is 217 g/mol. The van der Waals surface area contributed by atoms with Crippen LogP contribution >= 0.6 is 0 Å². The summed E-state index contributed by atoms with van der Waals surface area (Å²) in [6, 6.07) is 9.94. The number of hydrogen-bond donors (Lipinski definition) is 0. The Hall–Kier alpha value is -1.64. The highest BCUT2D eigenvalue weighted by Crippen LogP contribution is 2.09. The van der Waals surface area contributed by atoms with Crippen LogP contribution in [0, 0.1) is 0 Å². The summed E-state index contributed by atoms with van der Waals surface area (Å²) < 4.78 is 0. The summed E-state index contributed by atoms with van der Waals surface area (Å²) in [5.41, 5.74) is 1.17. The molecule has 0 saturated carbocycles. The van der Waals surface area contributed by atoms with E-state index in [0.717, 1.165) is 6.42 Å². The van der Waals surface area contributed by atoms with E-state index in [-0.39, 0.29) is 11.7 Å². The van der Waals surface area contributed by atoms with Crippen LogP contribution in [0.25, 0.3) is 0 Å². The van der Waals surface area contributed by atoms with E-state index >= 15 is 0 Å². The maximum absolute atomic E-state index is 11.7. The monoisotopic (exact) mass is 217 g/mol. The van der Waals surface area contributed by atoms with Gasteiger partial charge in [-0.2, -0.15) is 0 Å². The third-order valence-electron chi connectivity index (χ3n) is 2.85. The van der Waals surface area contributed by atoms with E-state index in [1.165, 1.54) is 5.56 Å². The Morgan fingerprint density at radius 3 is 2.62 bits per heavy atom. The molecule has 3 heteroatoms. The summed E-state index contributed by atoms with van der Waals surface area (Å²) in [6.07, 6.45) is 1.78. The fraction of sp³-hybridized carbons (Fsp3) is 0.385. The van der Waals surface area contributed by atoms with Crippen molar-refractivity contribution in [3.8, 4) is 0 Å². The fourth-order valence-corrected chi connectivity index (χ4v) is 1.90. The number of benzene rings is 1. The summed E-state index contributed by atoms with van der Waals surface area (Å²) in [4.78, 5) is 24.4. The molecule has 1 saturated heterocycles. The van der Waals surface area contributed by atoms with Gasteiger partial charge in [-0.25, -0.2) is 0 Å². The average Bonchev–Trinajstić information content (AvgIpc) is 2.74. The van der Waals surface area contributed by atoms with Gasteiger partial charge in [0.25, 0.3) is 0 Å². The van der Waals surface area contributed by atoms with Gasteiger partial charge in [0.1, 0.15) is 0 Å². The second-order valence-corrected chi connectivity index (χ2v) is 4.09. The molecule has 1 aromatic carbocycles. The maximum atomic E-state index is 11.7. The number of ketones is 1. The minimum absolute atomic E-state index is 0.0923. The second kappa shape index (κ2) is 4.92. The molecule has 1 amide bonds. The highest BCUT2D eigenvalue weighted by Gasteiger charge is 2.23. The second-order valence-electron chi connectivity index (χ2n) is 4.09. The van der Waals surface area contributed by atoms with Crippen molar-refractivity contribution in [1.29, 1.82) is 0 Å². The Morgan fingerprint density at radius 1 is 1.25 bits per heavy atom. The molecule has 3 nitrogen and oxygen atoms in total. The smallest absolute Gasteiger partial charge is 0.223 e. The number of amides is 1. The van der Waals surface area contributed by atoms with E-state index in [1.807, 2.05) is 30.3 Å². The minimum atomic E-state index is 0.0923. The van der Waals surface area contributed by atoms with E-state index in [0.29, 0.717) is 25.9 Å². The number of aryl methyl sites for hydroxylation is 1. The lowest BCUT2D eigenvalue weighted by Crippen LogP contribution is -2.28. The lowest BCUT2D eigenvalue weighted by molar-refractivity contribution is -0.131. The summed E-state index contributed by atoms with van der Waals surface area (Å²) in [6.45, 7) is 0.917. The molecule has 16 heavy (non-hydrogen) atoms. The third-order valence-corrected chi connectivity index (χ3v) is 2.85. The summed E-state index contributed by atoms with van der Waals surface area (Å²) in [7, 11) is 0. The molecule has 1 aliphatic heterocycles. The van der Waals surface area contributed by atoms with Crippen LogP contribution in [-0.2, 0) is 16.0 Å². The minimum Gasteiger partial charge on any atom is -0.335 e. The topological polar surface area (TPSA) is 37.4 Å². The molecular formula is C13H15NO2. The zero-order chi connectivity index (χ0) is 11.4. The number of rotatable bonds is 3. The lowest BCUT2D eigenvalue weighted by atomic mass is 10.1. The van der Waals surface area contributed by atoms with Gasteiger partial charge in [-0.3, -0.25) is 9.59 Å². The van der Waals surface area contributed by atoms with Crippen LogP contribution < -0.4 is 0 Å². The normalized spacial score (nSPS) is 15.5. The lowest BCUT2D eigenvalue weighted by Gasteiger charge is -2.13. The molecule has 1 aromatic rings. The number of carbonyl (C=O) groups excluding carboxylic acids is 2. The molecule has 0 aromatic heterocycles. The van der Waals surface area contributed by atoms with Crippen LogP contribution in [0.2, 0.25) is 0 Å². The van der Waals surface area contributed by atoms with Crippen molar-refractivity contribution in [2.24, 2.45) is 0 Å². The maximum Gasteiger partial charge on any atom is 0.223 e. The fourth-order valence-electron chi connectivity index (χ4n) is 1.90. The molecule has 84 valence electrons. The molecule has 0 N–H and O–H groups in total. The molecule has 0 atom stereocenters. The number of carbonyl (C=O) groups is 2. The summed E-state index contributed by atoms with van der Waals surface area (Å²) in [5.74, 6) is 0.266. The summed E-state index contributed by atoms with van der Waals surface area (Å²) in [5, 5.41) is 0. The van der Waals surface area contributed by atoms with E-state index in [2.05, 4.69) is 0 Å². The first-order chi connectivity index (χ1) is 7.75. The number of hydrogen-bond acceptors (Lipinski definition) is 2. The quantitative estimate of drug-likeness (QED) is 0.768. The van der Waals surface area contributed by atoms with Gasteiger partial charge in [0.05, 0.1) is 6.54 Å². The van der Waals surface area contributed by atoms with E-state index in [1.54, 1.807) is 4.90 Å². The van der Waals surface area contributed by atoms with Gasteiger partial charge in [0, 0.05) is 19.4 Å². The van der Waals surface area contributed by atoms with Crippen LogP contribution in [0.15, 0.2) is 30.3 Å². The van der Waals surface area contributed by atoms with E-state index < -0.39 is 0 Å². The molecule has 0 bridgehead atoms. The van der Waals surface area contributed by atoms with Gasteiger partial charge in [-0.15, -0.1) is 0 Å². The Labute approximate surface area is 95.1 Å². The van der Waals surface area contributed by atoms with Crippen LogP contribution in [0.5, 0.6) is 0 Å². The molecule has 0 aliphatic carbocycles. The first kappa shape index (κ1) is 10.9. The van der Waals surface area contributed by atoms with Gasteiger partial charge in [0.15, 0.2) is 5.78 Å². The Kier molecular flexibility index (Phi) is 3.34. The predicted molar refractivity (Wildman–Crippen MR) is 61.0 cm³/mol. The van der Waals surface area contributed by atoms with Crippen molar-refractivity contribution in [2.45, 2.75) is 19.3 Å². The predicted octanol–water partition coefficient (Wildman–Crippen LogP) is 1.42. The third kappa shape index (κ3) is 2.69. The zero-order valence-electron chi connectivity index (χ0n) is 9.19. The van der Waals surface area contributed by atoms with Gasteiger partial charge >= 0.3 is 0 Å². The van der Waals surface area contributed by atoms with Gasteiger partial charge < -0.3 is 4.90 Å². The number of Topliss-reactive ketones (excluding diaryl/α,β-unsaturated/α-hetero) is 1. The van der Waals surface area contributed by atoms with E-state index in [9.17, 15) is 9.59 Å². The highest BCUT2D eigenvalue weighted by molar-refractivity contribution is 5.89. The molecule has 0 unspecified atom stereocenters. The molecule has 1 fully saturated rings. The van der Waals surface area contributed by atoms with Crippen LogP contribution in [0.3, 0.4) is 0 Å². The zero-order valence-corrected chi connectivity index (χ0v) is 9.19. The standard InChI is InChI=1S/C13H15NO2/c15-12-8-9-14(10-12)13(16)7-6-11-4-2-1-3-5-11/h1-5H,6-10H2. The molecule has 1 heterocycles. The largest absolute Gasteiger partial charge is 0.335 e. The van der Waals surface area contributed by atoms with Gasteiger partial charge in [-0.1, -0.05) is 30.3 Å². The Balaban J connectivity index is 1.82. The van der Waals surface area contributed by atoms with Crippen molar-refractivity contribution in [2.75, 3.05) is 13.1 Å². The number of likely N-dealkylation sites (tertiary alicyclic amines) is 1. The molecule has 1 aliphatic rings. The molecule has 0 radical (unpaired) electrons. The van der Waals surface area contributed by atoms with Crippen LogP contribution in [0.4, 0.5) is 0 Å². The van der Waals surface area contributed by atoms with Crippen molar-refractivity contribution in [1.82, 2.24) is 4.90 Å². The molecular weight excluding hydrogens is 202 g/mol. The first-order valence-electron chi connectivity index (χ1n) is 5.59. The number of nitrogens with zero attached hydrogens (tertiary/aromatic N) is 1. The van der Waals surface area contributed by atoms with Crippen molar-refractivity contribution >= 4 is 11.7 Å². The van der Waals surface area contributed by atoms with Crippen molar-refractivity contribution in [3.63, 3.8) is 0 Å². The van der Waals surface area contributed by atoms with Gasteiger partial charge in [-0.05, 0) is 12.0 Å². The van der Waals surface area contributed by atoms with E-state index in [4.69, 9.17) is 0 Å². The SMILES string of the molecule is O=C1CCN(C(=O)CCc2ccccc2)C1. The van der Waals surface area contributed by atoms with Crippen LogP contribution in [0.1, 0.15) is 18.4 Å². The highest BCUT2D eigenvalue weighted by atomic mass is 16.2. The molecule has 0 spiro atoms. The first-order valence-corrected chi connectivity index (χ1v) is 5.59. The van der Waals surface area contributed by atoms with Crippen molar-refractivity contribution < 1.29 is 9.59 Å². The molecule has 2 rings (SSSR count). The Bertz CT molecular complexity index is 386. The van der Waals surface area contributed by atoms with Gasteiger partial charge in [0.2, 0.25) is 5.91 Å². The van der Waals surface area contributed by atoms with Crippen LogP contribution in [-0.4, -0.2) is 29.7 Å². The summed E-state index contributed by atoms with van der Waals surface area (Å²) >= 11 is 0. The Morgan fingerprint density at radius 2 is 2.00 bits per heavy atom. The van der Waals surface area contributed by atoms with Crippen molar-refractivity contribution in [3.05, 3.63) is 35.9 Å².